The van der Waals surface area contributed by atoms with Gasteiger partial charge in [0.15, 0.2) is 11.6 Å². The van der Waals surface area contributed by atoms with E-state index in [0.29, 0.717) is 35.5 Å². The number of carbonyl (C=O) groups excluding carboxylic acids is 1. The van der Waals surface area contributed by atoms with Gasteiger partial charge in [-0.25, -0.2) is 0 Å². The van der Waals surface area contributed by atoms with Crippen LogP contribution < -0.4 is 0 Å². The molecular weight excluding hydrogens is 354 g/mol. The third-order valence-corrected chi connectivity index (χ3v) is 4.88. The van der Waals surface area contributed by atoms with Gasteiger partial charge in [0, 0.05) is 18.5 Å². The Morgan fingerprint density at radius 2 is 2.15 bits per heavy atom. The summed E-state index contributed by atoms with van der Waals surface area (Å²) in [4.78, 5) is 19.1. The van der Waals surface area contributed by atoms with Crippen molar-refractivity contribution in [2.45, 2.75) is 32.2 Å². The molecule has 2 aromatic heterocycles. The van der Waals surface area contributed by atoms with E-state index >= 15 is 0 Å². The number of amides is 1. The standard InChI is InChI=1S/C19H18ClN3O3/c1-2-17-21-18(26-22-17)14-8-5-11-23(14)19(24)16-10-9-15(25-16)12-6-3-4-7-13(12)20/h3-4,6-7,9-10,14H,2,5,8,11H2,1H3/t14-/m0/s1. The fourth-order valence-corrected chi connectivity index (χ4v) is 3.44. The third-order valence-electron chi connectivity index (χ3n) is 4.55. The summed E-state index contributed by atoms with van der Waals surface area (Å²) in [5.74, 6) is 1.81. The quantitative estimate of drug-likeness (QED) is 0.674. The maximum absolute atomic E-state index is 12.9. The predicted molar refractivity (Wildman–Crippen MR) is 95.8 cm³/mol. The Labute approximate surface area is 155 Å². The minimum Gasteiger partial charge on any atom is -0.451 e. The van der Waals surface area contributed by atoms with Gasteiger partial charge in [-0.05, 0) is 37.1 Å². The number of hydrogen-bond donors (Lipinski definition) is 0. The van der Waals surface area contributed by atoms with Gasteiger partial charge in [0.25, 0.3) is 5.91 Å². The minimum atomic E-state index is -0.204. The van der Waals surface area contributed by atoms with Crippen molar-refractivity contribution in [3.05, 3.63) is 58.9 Å². The number of aromatic nitrogens is 2. The van der Waals surface area contributed by atoms with Crippen LogP contribution in [0, 0.1) is 0 Å². The summed E-state index contributed by atoms with van der Waals surface area (Å²) in [5, 5.41) is 4.52. The topological polar surface area (TPSA) is 72.4 Å². The molecule has 0 saturated carbocycles. The molecule has 0 N–H and O–H groups in total. The van der Waals surface area contributed by atoms with E-state index in [0.717, 1.165) is 18.4 Å². The average Bonchev–Trinajstić information content (AvgIpc) is 3.40. The fraction of sp³-hybridized carbons (Fsp3) is 0.316. The minimum absolute atomic E-state index is 0.179. The van der Waals surface area contributed by atoms with Crippen molar-refractivity contribution in [1.82, 2.24) is 15.0 Å². The monoisotopic (exact) mass is 371 g/mol. The maximum atomic E-state index is 12.9. The van der Waals surface area contributed by atoms with Crippen molar-refractivity contribution >= 4 is 17.5 Å². The average molecular weight is 372 g/mol. The molecule has 0 unspecified atom stereocenters. The van der Waals surface area contributed by atoms with Gasteiger partial charge in [0.1, 0.15) is 11.8 Å². The molecule has 1 saturated heterocycles. The summed E-state index contributed by atoms with van der Waals surface area (Å²) >= 11 is 6.21. The molecule has 1 aromatic carbocycles. The molecule has 3 heterocycles. The van der Waals surface area contributed by atoms with Gasteiger partial charge < -0.3 is 13.8 Å². The lowest BCUT2D eigenvalue weighted by Gasteiger charge is -2.20. The van der Waals surface area contributed by atoms with Gasteiger partial charge in [0.05, 0.1) is 5.02 Å². The van der Waals surface area contributed by atoms with Crippen molar-refractivity contribution in [3.8, 4) is 11.3 Å². The second kappa shape index (κ2) is 6.96. The Hall–Kier alpha value is -2.60. The van der Waals surface area contributed by atoms with Gasteiger partial charge in [0.2, 0.25) is 5.89 Å². The van der Waals surface area contributed by atoms with Crippen LogP contribution in [0.5, 0.6) is 0 Å². The number of hydrogen-bond acceptors (Lipinski definition) is 5. The molecule has 1 aliphatic heterocycles. The lowest BCUT2D eigenvalue weighted by Crippen LogP contribution is -2.30. The highest BCUT2D eigenvalue weighted by atomic mass is 35.5. The highest BCUT2D eigenvalue weighted by molar-refractivity contribution is 6.33. The van der Waals surface area contributed by atoms with Crippen molar-refractivity contribution in [1.29, 1.82) is 0 Å². The number of nitrogens with zero attached hydrogens (tertiary/aromatic N) is 3. The highest BCUT2D eigenvalue weighted by Crippen LogP contribution is 2.34. The highest BCUT2D eigenvalue weighted by Gasteiger charge is 2.35. The van der Waals surface area contributed by atoms with Crippen LogP contribution in [0.2, 0.25) is 5.02 Å². The summed E-state index contributed by atoms with van der Waals surface area (Å²) < 4.78 is 11.1. The number of likely N-dealkylation sites (tertiary alicyclic amines) is 1. The van der Waals surface area contributed by atoms with Crippen LogP contribution in [0.1, 0.15) is 48.1 Å². The summed E-state index contributed by atoms with van der Waals surface area (Å²) in [6.07, 6.45) is 2.39. The van der Waals surface area contributed by atoms with Crippen molar-refractivity contribution in [2.24, 2.45) is 0 Å². The molecule has 26 heavy (non-hydrogen) atoms. The number of rotatable bonds is 4. The Balaban J connectivity index is 1.58. The molecule has 4 rings (SSSR count). The lowest BCUT2D eigenvalue weighted by molar-refractivity contribution is 0.0679. The molecule has 0 bridgehead atoms. The van der Waals surface area contributed by atoms with Gasteiger partial charge in [-0.1, -0.05) is 35.8 Å². The first-order valence-electron chi connectivity index (χ1n) is 8.65. The normalized spacial score (nSPS) is 17.0. The van der Waals surface area contributed by atoms with Crippen LogP contribution in [-0.4, -0.2) is 27.5 Å². The number of furan rings is 1. The van der Waals surface area contributed by atoms with E-state index in [-0.39, 0.29) is 17.7 Å². The molecule has 1 amide bonds. The number of aryl methyl sites for hydroxylation is 1. The SMILES string of the molecule is CCc1noc([C@@H]2CCCN2C(=O)c2ccc(-c3ccccc3Cl)o2)n1. The van der Waals surface area contributed by atoms with E-state index in [1.807, 2.05) is 25.1 Å². The Morgan fingerprint density at radius 1 is 1.31 bits per heavy atom. The van der Waals surface area contributed by atoms with Crippen LogP contribution in [0.4, 0.5) is 0 Å². The van der Waals surface area contributed by atoms with Crippen LogP contribution in [0.15, 0.2) is 45.3 Å². The van der Waals surface area contributed by atoms with E-state index in [1.54, 1.807) is 23.1 Å². The zero-order valence-corrected chi connectivity index (χ0v) is 15.1. The first kappa shape index (κ1) is 16.8. The molecule has 134 valence electrons. The number of halogens is 1. The van der Waals surface area contributed by atoms with Gasteiger partial charge in [-0.15, -0.1) is 0 Å². The van der Waals surface area contributed by atoms with Crippen molar-refractivity contribution in [2.75, 3.05) is 6.54 Å². The van der Waals surface area contributed by atoms with E-state index in [4.69, 9.17) is 20.5 Å². The third kappa shape index (κ3) is 3.01. The van der Waals surface area contributed by atoms with Crippen molar-refractivity contribution in [3.63, 3.8) is 0 Å². The van der Waals surface area contributed by atoms with Gasteiger partial charge >= 0.3 is 0 Å². The molecule has 1 atom stereocenters. The molecule has 1 aliphatic rings. The smallest absolute Gasteiger partial charge is 0.290 e. The molecule has 0 radical (unpaired) electrons. The molecule has 0 aliphatic carbocycles. The summed E-state index contributed by atoms with van der Waals surface area (Å²) in [7, 11) is 0. The maximum Gasteiger partial charge on any atom is 0.290 e. The van der Waals surface area contributed by atoms with Gasteiger partial charge in [-0.3, -0.25) is 4.79 Å². The second-order valence-corrected chi connectivity index (χ2v) is 6.61. The summed E-state index contributed by atoms with van der Waals surface area (Å²) in [6.45, 7) is 2.60. The zero-order chi connectivity index (χ0) is 18.1. The first-order valence-corrected chi connectivity index (χ1v) is 9.03. The molecular formula is C19H18ClN3O3. The summed E-state index contributed by atoms with van der Waals surface area (Å²) in [5.41, 5.74) is 0.760. The van der Waals surface area contributed by atoms with Crippen LogP contribution >= 0.6 is 11.6 Å². The Bertz CT molecular complexity index is 934. The lowest BCUT2D eigenvalue weighted by atomic mass is 10.2. The first-order chi connectivity index (χ1) is 12.7. The molecule has 6 nitrogen and oxygen atoms in total. The molecule has 3 aromatic rings. The summed E-state index contributed by atoms with van der Waals surface area (Å²) in [6, 6.07) is 10.6. The van der Waals surface area contributed by atoms with Crippen LogP contribution in [0.3, 0.4) is 0 Å². The number of carbonyl (C=O) groups is 1. The van der Waals surface area contributed by atoms with Crippen LogP contribution in [-0.2, 0) is 6.42 Å². The number of benzene rings is 1. The second-order valence-electron chi connectivity index (χ2n) is 6.20. The van der Waals surface area contributed by atoms with E-state index in [9.17, 15) is 4.79 Å². The zero-order valence-electron chi connectivity index (χ0n) is 14.3. The Morgan fingerprint density at radius 3 is 2.92 bits per heavy atom. The molecule has 7 heteroatoms. The van der Waals surface area contributed by atoms with E-state index < -0.39 is 0 Å². The largest absolute Gasteiger partial charge is 0.451 e. The fourth-order valence-electron chi connectivity index (χ4n) is 3.21. The van der Waals surface area contributed by atoms with E-state index in [1.165, 1.54) is 0 Å². The van der Waals surface area contributed by atoms with Gasteiger partial charge in [-0.2, -0.15) is 4.98 Å². The molecule has 0 spiro atoms. The van der Waals surface area contributed by atoms with Crippen LogP contribution in [0.25, 0.3) is 11.3 Å². The predicted octanol–water partition coefficient (Wildman–Crippen LogP) is 4.52. The Kier molecular flexibility index (Phi) is 4.51. The molecule has 1 fully saturated rings. The van der Waals surface area contributed by atoms with Crippen molar-refractivity contribution < 1.29 is 13.7 Å². The van der Waals surface area contributed by atoms with E-state index in [2.05, 4.69) is 10.1 Å².